The standard InChI is InChI=1S/C15H17ClN2/c1-12-5-6-13(10-15(12)16)11-17-9-7-14-4-2-3-8-18-14/h2-6,8,10,17H,7,9,11H2,1H3. The van der Waals surface area contributed by atoms with Gasteiger partial charge < -0.3 is 5.32 Å². The van der Waals surface area contributed by atoms with Crippen LogP contribution < -0.4 is 5.32 Å². The summed E-state index contributed by atoms with van der Waals surface area (Å²) in [5.74, 6) is 0. The van der Waals surface area contributed by atoms with Gasteiger partial charge in [0.05, 0.1) is 0 Å². The summed E-state index contributed by atoms with van der Waals surface area (Å²) in [6, 6.07) is 12.2. The van der Waals surface area contributed by atoms with E-state index >= 15 is 0 Å². The molecule has 0 amide bonds. The smallest absolute Gasteiger partial charge is 0.0438 e. The number of nitrogens with one attached hydrogen (secondary N) is 1. The largest absolute Gasteiger partial charge is 0.312 e. The fraction of sp³-hybridized carbons (Fsp3) is 0.267. The van der Waals surface area contributed by atoms with Gasteiger partial charge in [0.25, 0.3) is 0 Å². The van der Waals surface area contributed by atoms with Crippen molar-refractivity contribution in [1.29, 1.82) is 0 Å². The molecule has 0 bridgehead atoms. The van der Waals surface area contributed by atoms with Crippen molar-refractivity contribution in [1.82, 2.24) is 10.3 Å². The summed E-state index contributed by atoms with van der Waals surface area (Å²) >= 11 is 6.08. The molecule has 0 aliphatic carbocycles. The molecule has 1 N–H and O–H groups in total. The summed E-state index contributed by atoms with van der Waals surface area (Å²) in [6.07, 6.45) is 2.77. The van der Waals surface area contributed by atoms with Crippen molar-refractivity contribution in [2.45, 2.75) is 19.9 Å². The van der Waals surface area contributed by atoms with Gasteiger partial charge in [-0.15, -0.1) is 0 Å². The fourth-order valence-electron chi connectivity index (χ4n) is 1.74. The van der Waals surface area contributed by atoms with Crippen LogP contribution in [-0.4, -0.2) is 11.5 Å². The van der Waals surface area contributed by atoms with E-state index in [2.05, 4.69) is 22.4 Å². The SMILES string of the molecule is Cc1ccc(CNCCc2ccccn2)cc1Cl. The minimum absolute atomic E-state index is 0.832. The zero-order valence-electron chi connectivity index (χ0n) is 10.5. The molecule has 0 saturated carbocycles. The molecule has 94 valence electrons. The molecule has 0 spiro atoms. The second-order valence-corrected chi connectivity index (χ2v) is 4.74. The third kappa shape index (κ3) is 3.83. The Kier molecular flexibility index (Phi) is 4.73. The number of aromatic nitrogens is 1. The minimum atomic E-state index is 0.832. The predicted octanol–water partition coefficient (Wildman–Crippen LogP) is 3.38. The molecule has 0 aliphatic rings. The van der Waals surface area contributed by atoms with Gasteiger partial charge in [0.15, 0.2) is 0 Å². The van der Waals surface area contributed by atoms with Gasteiger partial charge in [0.2, 0.25) is 0 Å². The molecular formula is C15H17ClN2. The Balaban J connectivity index is 1.77. The van der Waals surface area contributed by atoms with Gasteiger partial charge in [-0.2, -0.15) is 0 Å². The van der Waals surface area contributed by atoms with Crippen LogP contribution in [0.1, 0.15) is 16.8 Å². The topological polar surface area (TPSA) is 24.9 Å². The van der Waals surface area contributed by atoms with Gasteiger partial charge in [-0.1, -0.05) is 29.8 Å². The fourth-order valence-corrected chi connectivity index (χ4v) is 1.94. The van der Waals surface area contributed by atoms with Crippen LogP contribution in [0.4, 0.5) is 0 Å². The lowest BCUT2D eigenvalue weighted by atomic mass is 10.1. The van der Waals surface area contributed by atoms with Crippen molar-refractivity contribution in [3.63, 3.8) is 0 Å². The maximum atomic E-state index is 6.08. The third-order valence-corrected chi connectivity index (χ3v) is 3.26. The molecule has 0 unspecified atom stereocenters. The molecule has 1 aromatic heterocycles. The van der Waals surface area contributed by atoms with E-state index in [1.807, 2.05) is 37.4 Å². The third-order valence-electron chi connectivity index (χ3n) is 2.85. The number of hydrogen-bond donors (Lipinski definition) is 1. The molecule has 0 radical (unpaired) electrons. The van der Waals surface area contributed by atoms with Crippen LogP contribution in [0.25, 0.3) is 0 Å². The van der Waals surface area contributed by atoms with E-state index in [1.54, 1.807) is 0 Å². The monoisotopic (exact) mass is 260 g/mol. The normalized spacial score (nSPS) is 10.6. The zero-order valence-corrected chi connectivity index (χ0v) is 11.2. The van der Waals surface area contributed by atoms with Crippen LogP contribution in [0.2, 0.25) is 5.02 Å². The molecule has 0 fully saturated rings. The molecule has 1 heterocycles. The van der Waals surface area contributed by atoms with Crippen LogP contribution in [0.15, 0.2) is 42.6 Å². The first kappa shape index (κ1) is 13.1. The van der Waals surface area contributed by atoms with E-state index in [0.717, 1.165) is 35.8 Å². The highest BCUT2D eigenvalue weighted by Crippen LogP contribution is 2.16. The maximum absolute atomic E-state index is 6.08. The lowest BCUT2D eigenvalue weighted by molar-refractivity contribution is 0.680. The van der Waals surface area contributed by atoms with Crippen molar-refractivity contribution in [2.75, 3.05) is 6.54 Å². The van der Waals surface area contributed by atoms with Crippen molar-refractivity contribution in [3.05, 3.63) is 64.4 Å². The van der Waals surface area contributed by atoms with Crippen LogP contribution >= 0.6 is 11.6 Å². The van der Waals surface area contributed by atoms with Gasteiger partial charge in [-0.05, 0) is 36.2 Å². The van der Waals surface area contributed by atoms with E-state index < -0.39 is 0 Å². The summed E-state index contributed by atoms with van der Waals surface area (Å²) in [7, 11) is 0. The molecule has 2 aromatic rings. The van der Waals surface area contributed by atoms with Gasteiger partial charge >= 0.3 is 0 Å². The number of benzene rings is 1. The Hall–Kier alpha value is -1.38. The number of halogens is 1. The lowest BCUT2D eigenvalue weighted by Crippen LogP contribution is -2.17. The molecule has 0 aliphatic heterocycles. The first-order chi connectivity index (χ1) is 8.75. The van der Waals surface area contributed by atoms with E-state index in [1.165, 1.54) is 5.56 Å². The number of hydrogen-bond acceptors (Lipinski definition) is 2. The van der Waals surface area contributed by atoms with Gasteiger partial charge in [0, 0.05) is 36.4 Å². The zero-order chi connectivity index (χ0) is 12.8. The molecule has 0 atom stereocenters. The maximum Gasteiger partial charge on any atom is 0.0438 e. The number of nitrogens with zero attached hydrogens (tertiary/aromatic N) is 1. The molecule has 0 saturated heterocycles. The van der Waals surface area contributed by atoms with E-state index in [0.29, 0.717) is 0 Å². The second kappa shape index (κ2) is 6.53. The summed E-state index contributed by atoms with van der Waals surface area (Å²) in [5, 5.41) is 4.23. The highest BCUT2D eigenvalue weighted by molar-refractivity contribution is 6.31. The Morgan fingerprint density at radius 2 is 2.11 bits per heavy atom. The van der Waals surface area contributed by atoms with E-state index in [-0.39, 0.29) is 0 Å². The predicted molar refractivity (Wildman–Crippen MR) is 75.8 cm³/mol. The average molecular weight is 261 g/mol. The van der Waals surface area contributed by atoms with Gasteiger partial charge in [-0.3, -0.25) is 4.98 Å². The van der Waals surface area contributed by atoms with Crippen molar-refractivity contribution in [2.24, 2.45) is 0 Å². The average Bonchev–Trinajstić information content (AvgIpc) is 2.40. The highest BCUT2D eigenvalue weighted by Gasteiger charge is 1.98. The molecule has 18 heavy (non-hydrogen) atoms. The van der Waals surface area contributed by atoms with E-state index in [9.17, 15) is 0 Å². The first-order valence-electron chi connectivity index (χ1n) is 6.11. The summed E-state index contributed by atoms with van der Waals surface area (Å²) in [4.78, 5) is 4.29. The molecular weight excluding hydrogens is 244 g/mol. The van der Waals surface area contributed by atoms with Crippen molar-refractivity contribution >= 4 is 11.6 Å². The Morgan fingerprint density at radius 3 is 2.83 bits per heavy atom. The number of aryl methyl sites for hydroxylation is 1. The second-order valence-electron chi connectivity index (χ2n) is 4.33. The Morgan fingerprint density at radius 1 is 1.22 bits per heavy atom. The molecule has 2 nitrogen and oxygen atoms in total. The van der Waals surface area contributed by atoms with E-state index in [4.69, 9.17) is 11.6 Å². The first-order valence-corrected chi connectivity index (χ1v) is 6.49. The van der Waals surface area contributed by atoms with Gasteiger partial charge in [-0.25, -0.2) is 0 Å². The minimum Gasteiger partial charge on any atom is -0.312 e. The van der Waals surface area contributed by atoms with Crippen LogP contribution in [0, 0.1) is 6.92 Å². The van der Waals surface area contributed by atoms with Crippen LogP contribution in [0.3, 0.4) is 0 Å². The summed E-state index contributed by atoms with van der Waals surface area (Å²) in [6.45, 7) is 3.77. The van der Waals surface area contributed by atoms with Crippen molar-refractivity contribution < 1.29 is 0 Å². The summed E-state index contributed by atoms with van der Waals surface area (Å²) < 4.78 is 0. The van der Waals surface area contributed by atoms with Crippen LogP contribution in [0.5, 0.6) is 0 Å². The molecule has 3 heteroatoms. The number of rotatable bonds is 5. The van der Waals surface area contributed by atoms with Crippen LogP contribution in [-0.2, 0) is 13.0 Å². The van der Waals surface area contributed by atoms with Crippen molar-refractivity contribution in [3.8, 4) is 0 Å². The lowest BCUT2D eigenvalue weighted by Gasteiger charge is -2.06. The quantitative estimate of drug-likeness (QED) is 0.834. The molecule has 2 rings (SSSR count). The summed E-state index contributed by atoms with van der Waals surface area (Å²) in [5.41, 5.74) is 3.45. The highest BCUT2D eigenvalue weighted by atomic mass is 35.5. The number of pyridine rings is 1. The Bertz CT molecular complexity index is 497. The van der Waals surface area contributed by atoms with Gasteiger partial charge in [0.1, 0.15) is 0 Å². The molecule has 1 aromatic carbocycles. The Labute approximate surface area is 113 Å².